The quantitative estimate of drug-likeness (QED) is 0.843. The smallest absolute Gasteiger partial charge is 0.315 e. The molecule has 0 saturated carbocycles. The number of hydrogen-bond donors (Lipinski definition) is 2. The summed E-state index contributed by atoms with van der Waals surface area (Å²) < 4.78 is 18.9. The average molecular weight is 282 g/mol. The van der Waals surface area contributed by atoms with Crippen molar-refractivity contribution in [2.75, 3.05) is 6.61 Å². The number of carbonyl (C=O) groups is 1. The van der Waals surface area contributed by atoms with Crippen molar-refractivity contribution in [2.45, 2.75) is 45.9 Å². The molecule has 0 spiro atoms. The monoisotopic (exact) mass is 282 g/mol. The van der Waals surface area contributed by atoms with Gasteiger partial charge >= 0.3 is 6.03 Å². The first-order chi connectivity index (χ1) is 9.30. The van der Waals surface area contributed by atoms with Crippen LogP contribution in [0.25, 0.3) is 0 Å². The van der Waals surface area contributed by atoms with Gasteiger partial charge in [-0.3, -0.25) is 0 Å². The molecule has 0 aliphatic carbocycles. The van der Waals surface area contributed by atoms with Crippen molar-refractivity contribution < 1.29 is 13.9 Å². The second-order valence-corrected chi connectivity index (χ2v) is 5.64. The number of ether oxygens (including phenoxy) is 1. The SMILES string of the molecule is CC(C)OCC(C)(C)NC(=O)NCc1ccccc1F. The van der Waals surface area contributed by atoms with E-state index in [9.17, 15) is 9.18 Å². The summed E-state index contributed by atoms with van der Waals surface area (Å²) in [5.74, 6) is -0.324. The molecule has 0 aromatic heterocycles. The lowest BCUT2D eigenvalue weighted by molar-refractivity contribution is 0.0416. The summed E-state index contributed by atoms with van der Waals surface area (Å²) in [5, 5.41) is 5.44. The lowest BCUT2D eigenvalue weighted by Crippen LogP contribution is -2.51. The Labute approximate surface area is 119 Å². The molecule has 2 amide bonds. The standard InChI is InChI=1S/C15H23FN2O2/c1-11(2)20-10-15(3,4)18-14(19)17-9-12-7-5-6-8-13(12)16/h5-8,11H,9-10H2,1-4H3,(H2,17,18,19). The zero-order valence-electron chi connectivity index (χ0n) is 12.5. The van der Waals surface area contributed by atoms with Gasteiger partial charge in [-0.1, -0.05) is 18.2 Å². The first-order valence-corrected chi connectivity index (χ1v) is 6.71. The van der Waals surface area contributed by atoms with Crippen molar-refractivity contribution in [3.63, 3.8) is 0 Å². The summed E-state index contributed by atoms with van der Waals surface area (Å²) in [7, 11) is 0. The van der Waals surface area contributed by atoms with Crippen molar-refractivity contribution >= 4 is 6.03 Å². The molecule has 1 aromatic carbocycles. The second-order valence-electron chi connectivity index (χ2n) is 5.64. The fourth-order valence-corrected chi connectivity index (χ4v) is 1.58. The van der Waals surface area contributed by atoms with Crippen molar-refractivity contribution in [3.05, 3.63) is 35.6 Å². The second kappa shape index (κ2) is 7.24. The zero-order valence-corrected chi connectivity index (χ0v) is 12.5. The van der Waals surface area contributed by atoms with Crippen LogP contribution in [-0.4, -0.2) is 24.3 Å². The molecule has 0 unspecified atom stereocenters. The Kier molecular flexibility index (Phi) is 5.95. The zero-order chi connectivity index (χ0) is 15.2. The van der Waals surface area contributed by atoms with Crippen molar-refractivity contribution in [2.24, 2.45) is 0 Å². The topological polar surface area (TPSA) is 50.4 Å². The van der Waals surface area contributed by atoms with E-state index in [0.29, 0.717) is 12.2 Å². The molecule has 4 nitrogen and oxygen atoms in total. The van der Waals surface area contributed by atoms with Crippen LogP contribution in [0.1, 0.15) is 33.3 Å². The van der Waals surface area contributed by atoms with E-state index in [2.05, 4.69) is 10.6 Å². The first-order valence-electron chi connectivity index (χ1n) is 6.71. The molecule has 0 radical (unpaired) electrons. The molecule has 5 heteroatoms. The summed E-state index contributed by atoms with van der Waals surface area (Å²) in [6.07, 6.45) is 0.109. The molecule has 112 valence electrons. The minimum absolute atomic E-state index is 0.109. The predicted molar refractivity (Wildman–Crippen MR) is 76.9 cm³/mol. The van der Waals surface area contributed by atoms with Gasteiger partial charge in [-0.25, -0.2) is 9.18 Å². The molecule has 0 bridgehead atoms. The molecule has 1 rings (SSSR count). The fourth-order valence-electron chi connectivity index (χ4n) is 1.58. The summed E-state index contributed by atoms with van der Waals surface area (Å²) in [6.45, 7) is 8.19. The van der Waals surface area contributed by atoms with Crippen LogP contribution in [0.2, 0.25) is 0 Å². The third-order valence-corrected chi connectivity index (χ3v) is 2.63. The van der Waals surface area contributed by atoms with E-state index in [1.165, 1.54) is 6.07 Å². The third kappa shape index (κ3) is 6.02. The normalized spacial score (nSPS) is 11.5. The number of carbonyl (C=O) groups excluding carboxylic acids is 1. The van der Waals surface area contributed by atoms with E-state index in [4.69, 9.17) is 4.74 Å². The largest absolute Gasteiger partial charge is 0.376 e. The van der Waals surface area contributed by atoms with Gasteiger partial charge in [0.15, 0.2) is 0 Å². The molecular weight excluding hydrogens is 259 g/mol. The van der Waals surface area contributed by atoms with Gasteiger partial charge in [0.1, 0.15) is 5.82 Å². The van der Waals surface area contributed by atoms with Gasteiger partial charge < -0.3 is 15.4 Å². The molecule has 0 fully saturated rings. The summed E-state index contributed by atoms with van der Waals surface area (Å²) >= 11 is 0. The van der Waals surface area contributed by atoms with Crippen LogP contribution in [-0.2, 0) is 11.3 Å². The highest BCUT2D eigenvalue weighted by Crippen LogP contribution is 2.07. The minimum atomic E-state index is -0.483. The highest BCUT2D eigenvalue weighted by atomic mass is 19.1. The van der Waals surface area contributed by atoms with Crippen LogP contribution in [0.3, 0.4) is 0 Å². The number of halogens is 1. The van der Waals surface area contributed by atoms with Crippen LogP contribution >= 0.6 is 0 Å². The molecule has 0 atom stereocenters. The van der Waals surface area contributed by atoms with Crippen LogP contribution in [0.15, 0.2) is 24.3 Å². The van der Waals surface area contributed by atoms with Crippen LogP contribution in [0, 0.1) is 5.82 Å². The molecule has 20 heavy (non-hydrogen) atoms. The first kappa shape index (κ1) is 16.4. The van der Waals surface area contributed by atoms with Gasteiger partial charge in [-0.15, -0.1) is 0 Å². The van der Waals surface area contributed by atoms with E-state index >= 15 is 0 Å². The lowest BCUT2D eigenvalue weighted by Gasteiger charge is -2.27. The van der Waals surface area contributed by atoms with Gasteiger partial charge in [0.05, 0.1) is 18.2 Å². The van der Waals surface area contributed by atoms with Gasteiger partial charge in [-0.2, -0.15) is 0 Å². The Bertz CT molecular complexity index is 447. The van der Waals surface area contributed by atoms with Gasteiger partial charge in [-0.05, 0) is 33.8 Å². The van der Waals surface area contributed by atoms with E-state index in [1.807, 2.05) is 27.7 Å². The Morgan fingerprint density at radius 1 is 1.35 bits per heavy atom. The average Bonchev–Trinajstić information content (AvgIpc) is 2.35. The van der Waals surface area contributed by atoms with E-state index in [0.717, 1.165) is 0 Å². The van der Waals surface area contributed by atoms with Crippen LogP contribution in [0.5, 0.6) is 0 Å². The maximum atomic E-state index is 13.4. The molecule has 0 aliphatic rings. The Hall–Kier alpha value is -1.62. The summed E-state index contributed by atoms with van der Waals surface area (Å²) in [4.78, 5) is 11.8. The lowest BCUT2D eigenvalue weighted by atomic mass is 10.1. The van der Waals surface area contributed by atoms with Gasteiger partial charge in [0.2, 0.25) is 0 Å². The number of benzene rings is 1. The third-order valence-electron chi connectivity index (χ3n) is 2.63. The van der Waals surface area contributed by atoms with Crippen molar-refractivity contribution in [1.82, 2.24) is 10.6 Å². The number of amides is 2. The predicted octanol–water partition coefficient (Wildman–Crippen LogP) is 2.83. The van der Waals surface area contributed by atoms with Gasteiger partial charge in [0.25, 0.3) is 0 Å². The van der Waals surface area contributed by atoms with Crippen LogP contribution in [0.4, 0.5) is 9.18 Å². The number of rotatable bonds is 6. The molecule has 0 saturated heterocycles. The Morgan fingerprint density at radius 2 is 2.00 bits per heavy atom. The minimum Gasteiger partial charge on any atom is -0.376 e. The fraction of sp³-hybridized carbons (Fsp3) is 0.533. The summed E-state index contributed by atoms with van der Waals surface area (Å²) in [6, 6.07) is 6.02. The summed E-state index contributed by atoms with van der Waals surface area (Å²) in [5.41, 5.74) is -0.0253. The highest BCUT2D eigenvalue weighted by molar-refractivity contribution is 5.74. The van der Waals surface area contributed by atoms with Crippen molar-refractivity contribution in [3.8, 4) is 0 Å². The van der Waals surface area contributed by atoms with Crippen LogP contribution < -0.4 is 10.6 Å². The van der Waals surface area contributed by atoms with E-state index in [1.54, 1.807) is 18.2 Å². The Balaban J connectivity index is 2.42. The maximum Gasteiger partial charge on any atom is 0.315 e. The number of urea groups is 1. The van der Waals surface area contributed by atoms with E-state index in [-0.39, 0.29) is 24.5 Å². The molecule has 0 aliphatic heterocycles. The molecule has 0 heterocycles. The molecule has 1 aromatic rings. The molecule has 2 N–H and O–H groups in total. The Morgan fingerprint density at radius 3 is 2.60 bits per heavy atom. The number of nitrogens with one attached hydrogen (secondary N) is 2. The maximum absolute atomic E-state index is 13.4. The number of hydrogen-bond acceptors (Lipinski definition) is 2. The highest BCUT2D eigenvalue weighted by Gasteiger charge is 2.21. The van der Waals surface area contributed by atoms with E-state index < -0.39 is 5.54 Å². The van der Waals surface area contributed by atoms with Crippen molar-refractivity contribution in [1.29, 1.82) is 0 Å². The molecular formula is C15H23FN2O2. The van der Waals surface area contributed by atoms with Gasteiger partial charge in [0, 0.05) is 12.1 Å².